The summed E-state index contributed by atoms with van der Waals surface area (Å²) >= 11 is 9.21. The molecule has 70 valence electrons. The van der Waals surface area contributed by atoms with Crippen molar-refractivity contribution in [3.05, 3.63) is 17.0 Å². The number of nitrogens with zero attached hydrogens (tertiary/aromatic N) is 2. The van der Waals surface area contributed by atoms with Crippen LogP contribution < -0.4 is 5.32 Å². The van der Waals surface area contributed by atoms with Crippen LogP contribution >= 0.6 is 27.5 Å². The molecule has 0 bridgehead atoms. The van der Waals surface area contributed by atoms with Gasteiger partial charge < -0.3 is 5.32 Å². The molecular weight excluding hydrogens is 253 g/mol. The minimum Gasteiger partial charge on any atom is -0.362 e. The van der Waals surface area contributed by atoms with Crippen molar-refractivity contribution in [3.8, 4) is 0 Å². The smallest absolute Gasteiger partial charge is 0.144 e. The normalized spacial score (nSPS) is 18.3. The van der Waals surface area contributed by atoms with Crippen molar-refractivity contribution < 1.29 is 0 Å². The zero-order valence-corrected chi connectivity index (χ0v) is 9.27. The highest BCUT2D eigenvalue weighted by atomic mass is 79.9. The van der Waals surface area contributed by atoms with Gasteiger partial charge >= 0.3 is 0 Å². The Kier molecular flexibility index (Phi) is 2.43. The van der Waals surface area contributed by atoms with Gasteiger partial charge in [-0.2, -0.15) is 0 Å². The van der Waals surface area contributed by atoms with E-state index < -0.39 is 0 Å². The number of rotatable bonds is 3. The highest BCUT2D eigenvalue weighted by Gasteiger charge is 2.42. The first-order valence-corrected chi connectivity index (χ1v) is 5.38. The second kappa shape index (κ2) is 3.42. The van der Waals surface area contributed by atoms with E-state index in [1.807, 2.05) is 0 Å². The highest BCUT2D eigenvalue weighted by Crippen LogP contribution is 2.40. The average molecular weight is 263 g/mol. The maximum atomic E-state index is 5.84. The second-order valence-electron chi connectivity index (χ2n) is 3.26. The van der Waals surface area contributed by atoms with Gasteiger partial charge in [-0.15, -0.1) is 11.6 Å². The van der Waals surface area contributed by atoms with E-state index in [4.69, 9.17) is 11.6 Å². The molecule has 1 N–H and O–H groups in total. The lowest BCUT2D eigenvalue weighted by molar-refractivity contribution is 0.825. The maximum absolute atomic E-state index is 5.84. The minimum atomic E-state index is 0.0818. The van der Waals surface area contributed by atoms with E-state index >= 15 is 0 Å². The van der Waals surface area contributed by atoms with Gasteiger partial charge in [0.2, 0.25) is 0 Å². The lowest BCUT2D eigenvalue weighted by atomic mass is 10.3. The summed E-state index contributed by atoms with van der Waals surface area (Å²) in [4.78, 5) is 8.01. The van der Waals surface area contributed by atoms with E-state index in [2.05, 4.69) is 31.2 Å². The van der Waals surface area contributed by atoms with Gasteiger partial charge in [-0.1, -0.05) is 0 Å². The van der Waals surface area contributed by atoms with Gasteiger partial charge in [0, 0.05) is 12.1 Å². The fourth-order valence-electron chi connectivity index (χ4n) is 1.10. The zero-order valence-electron chi connectivity index (χ0n) is 6.93. The Labute approximate surface area is 90.0 Å². The Morgan fingerprint density at radius 2 is 2.38 bits per heavy atom. The molecule has 1 aliphatic carbocycles. The SMILES string of the molecule is ClCC1(Nc2ncncc2Br)CC1. The van der Waals surface area contributed by atoms with Crippen LogP contribution in [-0.2, 0) is 0 Å². The summed E-state index contributed by atoms with van der Waals surface area (Å²) in [6.07, 6.45) is 5.48. The summed E-state index contributed by atoms with van der Waals surface area (Å²) in [5, 5.41) is 3.32. The van der Waals surface area contributed by atoms with Crippen LogP contribution in [0, 0.1) is 0 Å². The van der Waals surface area contributed by atoms with Gasteiger partial charge in [-0.25, -0.2) is 9.97 Å². The van der Waals surface area contributed by atoms with Crippen molar-refractivity contribution >= 4 is 33.3 Å². The summed E-state index contributed by atoms with van der Waals surface area (Å²) in [5.41, 5.74) is 0.0818. The van der Waals surface area contributed by atoms with Gasteiger partial charge in [-0.3, -0.25) is 0 Å². The van der Waals surface area contributed by atoms with Crippen LogP contribution in [0.2, 0.25) is 0 Å². The third-order valence-electron chi connectivity index (χ3n) is 2.16. The van der Waals surface area contributed by atoms with E-state index in [0.29, 0.717) is 5.88 Å². The minimum absolute atomic E-state index is 0.0818. The van der Waals surface area contributed by atoms with Gasteiger partial charge in [0.1, 0.15) is 12.1 Å². The molecule has 1 fully saturated rings. The van der Waals surface area contributed by atoms with E-state index in [1.165, 1.54) is 6.33 Å². The summed E-state index contributed by atoms with van der Waals surface area (Å²) in [6, 6.07) is 0. The number of alkyl halides is 1. The van der Waals surface area contributed by atoms with Crippen LogP contribution in [0.15, 0.2) is 17.0 Å². The predicted molar refractivity (Wildman–Crippen MR) is 56.0 cm³/mol. The topological polar surface area (TPSA) is 37.8 Å². The molecule has 3 nitrogen and oxygen atoms in total. The molecule has 0 saturated heterocycles. The molecule has 1 aromatic rings. The van der Waals surface area contributed by atoms with Crippen molar-refractivity contribution in [2.75, 3.05) is 11.2 Å². The van der Waals surface area contributed by atoms with E-state index in [9.17, 15) is 0 Å². The van der Waals surface area contributed by atoms with Gasteiger partial charge in [0.25, 0.3) is 0 Å². The third kappa shape index (κ3) is 1.94. The Bertz CT molecular complexity index is 314. The van der Waals surface area contributed by atoms with Crippen LogP contribution in [0.5, 0.6) is 0 Å². The number of anilines is 1. The molecule has 13 heavy (non-hydrogen) atoms. The summed E-state index contributed by atoms with van der Waals surface area (Å²) < 4.78 is 0.881. The number of aromatic nitrogens is 2. The van der Waals surface area contributed by atoms with E-state index in [-0.39, 0.29) is 5.54 Å². The molecule has 1 aromatic heterocycles. The second-order valence-corrected chi connectivity index (χ2v) is 4.38. The molecule has 0 amide bonds. The molecule has 2 rings (SSSR count). The van der Waals surface area contributed by atoms with Crippen molar-refractivity contribution in [1.29, 1.82) is 0 Å². The molecule has 1 aliphatic rings. The molecule has 5 heteroatoms. The summed E-state index contributed by atoms with van der Waals surface area (Å²) in [6.45, 7) is 0. The van der Waals surface area contributed by atoms with E-state index in [0.717, 1.165) is 23.1 Å². The van der Waals surface area contributed by atoms with Crippen molar-refractivity contribution in [3.63, 3.8) is 0 Å². The monoisotopic (exact) mass is 261 g/mol. The largest absolute Gasteiger partial charge is 0.362 e. The van der Waals surface area contributed by atoms with E-state index in [1.54, 1.807) is 6.20 Å². The first-order valence-electron chi connectivity index (χ1n) is 4.05. The van der Waals surface area contributed by atoms with Crippen molar-refractivity contribution in [2.45, 2.75) is 18.4 Å². The number of hydrogen-bond acceptors (Lipinski definition) is 3. The molecule has 1 saturated carbocycles. The number of halogens is 2. The first kappa shape index (κ1) is 9.21. The Morgan fingerprint density at radius 1 is 1.62 bits per heavy atom. The summed E-state index contributed by atoms with van der Waals surface area (Å²) in [7, 11) is 0. The molecule has 0 aliphatic heterocycles. The average Bonchev–Trinajstić information content (AvgIpc) is 2.90. The fourth-order valence-corrected chi connectivity index (χ4v) is 1.75. The molecule has 0 unspecified atom stereocenters. The lowest BCUT2D eigenvalue weighted by Crippen LogP contribution is -2.23. The van der Waals surface area contributed by atoms with Gasteiger partial charge in [0.05, 0.1) is 10.0 Å². The lowest BCUT2D eigenvalue weighted by Gasteiger charge is -2.14. The number of nitrogens with one attached hydrogen (secondary N) is 1. The molecule has 0 aromatic carbocycles. The molecule has 0 radical (unpaired) electrons. The fraction of sp³-hybridized carbons (Fsp3) is 0.500. The molecule has 0 atom stereocenters. The van der Waals surface area contributed by atoms with Crippen LogP contribution in [-0.4, -0.2) is 21.4 Å². The maximum Gasteiger partial charge on any atom is 0.144 e. The molecule has 1 heterocycles. The Morgan fingerprint density at radius 3 is 2.92 bits per heavy atom. The quantitative estimate of drug-likeness (QED) is 0.850. The molecule has 0 spiro atoms. The third-order valence-corrected chi connectivity index (χ3v) is 3.25. The zero-order chi connectivity index (χ0) is 9.31. The first-order chi connectivity index (χ1) is 6.26. The summed E-state index contributed by atoms with van der Waals surface area (Å²) in [5.74, 6) is 1.46. The van der Waals surface area contributed by atoms with Crippen molar-refractivity contribution in [1.82, 2.24) is 9.97 Å². The van der Waals surface area contributed by atoms with Gasteiger partial charge in [-0.05, 0) is 28.8 Å². The predicted octanol–water partition coefficient (Wildman–Crippen LogP) is 2.42. The Hall–Kier alpha value is -0.350. The van der Waals surface area contributed by atoms with Crippen LogP contribution in [0.25, 0.3) is 0 Å². The van der Waals surface area contributed by atoms with Crippen LogP contribution in [0.3, 0.4) is 0 Å². The number of hydrogen-bond donors (Lipinski definition) is 1. The van der Waals surface area contributed by atoms with Gasteiger partial charge in [0.15, 0.2) is 0 Å². The molecular formula is C8H9BrClN3. The van der Waals surface area contributed by atoms with Crippen molar-refractivity contribution in [2.24, 2.45) is 0 Å². The van der Waals surface area contributed by atoms with Crippen LogP contribution in [0.4, 0.5) is 5.82 Å². The highest BCUT2D eigenvalue weighted by molar-refractivity contribution is 9.10. The Balaban J connectivity index is 2.14. The van der Waals surface area contributed by atoms with Crippen LogP contribution in [0.1, 0.15) is 12.8 Å². The standard InChI is InChI=1S/C8H9BrClN3/c9-6-3-11-5-12-7(6)13-8(4-10)1-2-8/h3,5H,1-2,4H2,(H,11,12,13).